The van der Waals surface area contributed by atoms with E-state index in [4.69, 9.17) is 22.1 Å². The smallest absolute Gasteiger partial charge is 0.341 e. The molecule has 1 aliphatic heterocycles. The minimum Gasteiger partial charge on any atom is -0.481 e. The number of hydrogen-bond donors (Lipinski definition) is 1. The van der Waals surface area contributed by atoms with E-state index in [1.807, 2.05) is 30.3 Å². The van der Waals surface area contributed by atoms with Gasteiger partial charge in [-0.25, -0.2) is 9.48 Å². The van der Waals surface area contributed by atoms with Crippen LogP contribution in [0.3, 0.4) is 0 Å². The Bertz CT molecular complexity index is 1360. The van der Waals surface area contributed by atoms with Crippen molar-refractivity contribution >= 4 is 51.9 Å². The van der Waals surface area contributed by atoms with Crippen LogP contribution in [0.15, 0.2) is 64.3 Å². The molecule has 0 spiro atoms. The fraction of sp³-hybridized carbons (Fsp3) is 0.130. The molecule has 1 fully saturated rings. The first-order valence-electron chi connectivity index (χ1n) is 9.85. The molecule has 0 radical (unpaired) electrons. The minimum absolute atomic E-state index is 0.197. The Labute approximate surface area is 198 Å². The van der Waals surface area contributed by atoms with Gasteiger partial charge in [0.05, 0.1) is 16.3 Å². The first kappa shape index (κ1) is 22.6. The zero-order chi connectivity index (χ0) is 23.7. The molecule has 33 heavy (non-hydrogen) atoms. The van der Waals surface area contributed by atoms with Crippen molar-refractivity contribution in [3.63, 3.8) is 0 Å². The highest BCUT2D eigenvalue weighted by Gasteiger charge is 2.37. The van der Waals surface area contributed by atoms with E-state index in [9.17, 15) is 14.4 Å². The highest BCUT2D eigenvalue weighted by Crippen LogP contribution is 2.37. The molecule has 0 aliphatic carbocycles. The summed E-state index contributed by atoms with van der Waals surface area (Å²) in [5.41, 5.74) is 1.63. The lowest BCUT2D eigenvalue weighted by Gasteiger charge is -2.12. The van der Waals surface area contributed by atoms with Crippen LogP contribution in [-0.4, -0.2) is 37.3 Å². The predicted molar refractivity (Wildman–Crippen MR) is 131 cm³/mol. The van der Waals surface area contributed by atoms with E-state index in [0.29, 0.717) is 27.6 Å². The monoisotopic (exact) mass is 481 g/mol. The number of anilines is 1. The summed E-state index contributed by atoms with van der Waals surface area (Å²) >= 11 is 6.53. The molecule has 1 saturated heterocycles. The summed E-state index contributed by atoms with van der Waals surface area (Å²) in [6.07, 6.45) is 1.59. The average molecular weight is 482 g/mol. The number of thiocarbonyl (C=S) groups is 1. The number of carboxylic acids is 1. The average Bonchev–Trinajstić information content (AvgIpc) is 3.18. The van der Waals surface area contributed by atoms with Crippen molar-refractivity contribution in [1.82, 2.24) is 9.36 Å². The molecule has 8 nitrogen and oxygen atoms in total. The standard InChI is InChI=1S/C23H19N3O5S2/c1-14-20(22(30)26(24(14)2)16-9-4-3-5-10-16)25-21(29)18(33-23(25)32)12-15-8-6-7-11-17(15)31-13-19(27)28/h3-12H,13H2,1-2H3,(H,27,28)/b18-12+. The summed E-state index contributed by atoms with van der Waals surface area (Å²) in [5, 5.41) is 8.89. The van der Waals surface area contributed by atoms with Gasteiger partial charge in [0, 0.05) is 12.6 Å². The minimum atomic E-state index is -1.11. The maximum absolute atomic E-state index is 13.3. The van der Waals surface area contributed by atoms with Gasteiger partial charge in [0.1, 0.15) is 11.4 Å². The molecule has 10 heteroatoms. The molecule has 0 atom stereocenters. The maximum Gasteiger partial charge on any atom is 0.341 e. The molecular weight excluding hydrogens is 462 g/mol. The van der Waals surface area contributed by atoms with Gasteiger partial charge in [-0.2, -0.15) is 0 Å². The summed E-state index contributed by atoms with van der Waals surface area (Å²) in [4.78, 5) is 39.1. The van der Waals surface area contributed by atoms with Crippen molar-refractivity contribution in [2.75, 3.05) is 11.5 Å². The zero-order valence-corrected chi connectivity index (χ0v) is 19.4. The molecular formula is C23H19N3O5S2. The zero-order valence-electron chi connectivity index (χ0n) is 17.7. The predicted octanol–water partition coefficient (Wildman–Crippen LogP) is 3.35. The van der Waals surface area contributed by atoms with Crippen LogP contribution in [0.2, 0.25) is 0 Å². The topological polar surface area (TPSA) is 93.8 Å². The molecule has 3 aromatic rings. The van der Waals surface area contributed by atoms with Crippen LogP contribution < -0.4 is 15.2 Å². The van der Waals surface area contributed by atoms with Gasteiger partial charge in [-0.05, 0) is 31.2 Å². The second-order valence-electron chi connectivity index (χ2n) is 7.15. The highest BCUT2D eigenvalue weighted by atomic mass is 32.2. The molecule has 1 aliphatic rings. The Morgan fingerprint density at radius 1 is 1.12 bits per heavy atom. The number of benzene rings is 2. The number of carbonyl (C=O) groups is 2. The summed E-state index contributed by atoms with van der Waals surface area (Å²) < 4.78 is 8.73. The third kappa shape index (κ3) is 4.22. The maximum atomic E-state index is 13.3. The van der Waals surface area contributed by atoms with Gasteiger partial charge in [0.2, 0.25) is 0 Å². The number of thioether (sulfide) groups is 1. The Morgan fingerprint density at radius 3 is 2.48 bits per heavy atom. The highest BCUT2D eigenvalue weighted by molar-refractivity contribution is 8.27. The van der Waals surface area contributed by atoms with Gasteiger partial charge >= 0.3 is 5.97 Å². The Kier molecular flexibility index (Phi) is 6.21. The number of aromatic nitrogens is 2. The van der Waals surface area contributed by atoms with Crippen molar-refractivity contribution in [3.8, 4) is 11.4 Å². The molecule has 0 saturated carbocycles. The van der Waals surface area contributed by atoms with E-state index in [2.05, 4.69) is 0 Å². The van der Waals surface area contributed by atoms with Crippen molar-refractivity contribution in [1.29, 1.82) is 0 Å². The number of carbonyl (C=O) groups excluding carboxylic acids is 1. The Balaban J connectivity index is 1.73. The Morgan fingerprint density at radius 2 is 1.79 bits per heavy atom. The molecule has 1 aromatic heterocycles. The first-order valence-corrected chi connectivity index (χ1v) is 11.1. The second kappa shape index (κ2) is 9.08. The van der Waals surface area contributed by atoms with Crippen LogP contribution in [0, 0.1) is 6.92 Å². The second-order valence-corrected chi connectivity index (χ2v) is 8.82. The van der Waals surface area contributed by atoms with Crippen LogP contribution >= 0.6 is 24.0 Å². The number of amides is 1. The third-order valence-corrected chi connectivity index (χ3v) is 6.40. The number of para-hydroxylation sites is 2. The number of aliphatic carboxylic acids is 1. The Hall–Kier alpha value is -3.63. The molecule has 4 rings (SSSR count). The van der Waals surface area contributed by atoms with Crippen LogP contribution in [0.1, 0.15) is 11.3 Å². The fourth-order valence-electron chi connectivity index (χ4n) is 3.48. The van der Waals surface area contributed by atoms with Gasteiger partial charge in [-0.3, -0.25) is 19.2 Å². The third-order valence-electron chi connectivity index (χ3n) is 5.10. The van der Waals surface area contributed by atoms with E-state index in [0.717, 1.165) is 11.8 Å². The lowest BCUT2D eigenvalue weighted by molar-refractivity contribution is -0.139. The normalized spacial score (nSPS) is 14.8. The largest absolute Gasteiger partial charge is 0.481 e. The van der Waals surface area contributed by atoms with Gasteiger partial charge in [-0.15, -0.1) is 0 Å². The lowest BCUT2D eigenvalue weighted by atomic mass is 10.2. The number of carboxylic acid groups (broad SMARTS) is 1. The molecule has 0 bridgehead atoms. The van der Waals surface area contributed by atoms with E-state index in [1.165, 1.54) is 9.58 Å². The lowest BCUT2D eigenvalue weighted by Crippen LogP contribution is -2.33. The summed E-state index contributed by atoms with van der Waals surface area (Å²) in [6, 6.07) is 15.9. The van der Waals surface area contributed by atoms with Gasteiger partial charge < -0.3 is 9.84 Å². The molecule has 0 unspecified atom stereocenters. The van der Waals surface area contributed by atoms with Gasteiger partial charge in [0.25, 0.3) is 11.5 Å². The summed E-state index contributed by atoms with van der Waals surface area (Å²) in [5.74, 6) is -1.21. The van der Waals surface area contributed by atoms with Crippen LogP contribution in [-0.2, 0) is 16.6 Å². The van der Waals surface area contributed by atoms with Crippen molar-refractivity contribution in [2.45, 2.75) is 6.92 Å². The number of ether oxygens (including phenoxy) is 1. The van der Waals surface area contributed by atoms with Crippen LogP contribution in [0.4, 0.5) is 5.69 Å². The van der Waals surface area contributed by atoms with E-state index < -0.39 is 18.5 Å². The van der Waals surface area contributed by atoms with Gasteiger partial charge in [-0.1, -0.05) is 60.4 Å². The molecule has 1 N–H and O–H groups in total. The van der Waals surface area contributed by atoms with Gasteiger partial charge in [0.15, 0.2) is 10.9 Å². The fourth-order valence-corrected chi connectivity index (χ4v) is 4.75. The molecule has 2 heterocycles. The molecule has 1 amide bonds. The van der Waals surface area contributed by atoms with E-state index in [-0.39, 0.29) is 15.6 Å². The van der Waals surface area contributed by atoms with Crippen molar-refractivity contribution in [2.24, 2.45) is 7.05 Å². The van der Waals surface area contributed by atoms with Crippen LogP contribution in [0.25, 0.3) is 11.8 Å². The summed E-state index contributed by atoms with van der Waals surface area (Å²) in [7, 11) is 1.75. The molecule has 2 aromatic carbocycles. The van der Waals surface area contributed by atoms with E-state index >= 15 is 0 Å². The first-order chi connectivity index (χ1) is 15.8. The molecule has 168 valence electrons. The summed E-state index contributed by atoms with van der Waals surface area (Å²) in [6.45, 7) is 1.25. The number of hydrogen-bond acceptors (Lipinski definition) is 6. The van der Waals surface area contributed by atoms with E-state index in [1.54, 1.807) is 49.0 Å². The van der Waals surface area contributed by atoms with Crippen LogP contribution in [0.5, 0.6) is 5.75 Å². The van der Waals surface area contributed by atoms with Crippen molar-refractivity contribution < 1.29 is 19.4 Å². The quantitative estimate of drug-likeness (QED) is 0.426. The number of rotatable bonds is 6. The number of nitrogens with zero attached hydrogens (tertiary/aromatic N) is 3. The van der Waals surface area contributed by atoms with Crippen molar-refractivity contribution in [3.05, 3.63) is 81.1 Å². The SMILES string of the molecule is Cc1c(N2C(=O)/C(=C\c3ccccc3OCC(=O)O)SC2=S)c(=O)n(-c2ccccc2)n1C.